The van der Waals surface area contributed by atoms with Gasteiger partial charge in [0.2, 0.25) is 5.91 Å². The Bertz CT molecular complexity index is 975. The lowest BCUT2D eigenvalue weighted by atomic mass is 9.87. The van der Waals surface area contributed by atoms with Gasteiger partial charge in [-0.3, -0.25) is 4.79 Å². The van der Waals surface area contributed by atoms with Crippen LogP contribution in [0.25, 0.3) is 5.57 Å². The lowest BCUT2D eigenvalue weighted by Crippen LogP contribution is -2.59. The Morgan fingerprint density at radius 2 is 1.81 bits per heavy atom. The molecule has 1 aromatic carbocycles. The second-order valence-corrected chi connectivity index (χ2v) is 10.2. The molecule has 0 aromatic heterocycles. The Hall–Kier alpha value is -2.70. The summed E-state index contributed by atoms with van der Waals surface area (Å²) in [5.41, 5.74) is 9.44. The smallest absolute Gasteiger partial charge is 0.317 e. The zero-order valence-corrected chi connectivity index (χ0v) is 18.7. The molecule has 6 rings (SSSR count). The summed E-state index contributed by atoms with van der Waals surface area (Å²) < 4.78 is 5.32. The Morgan fingerprint density at radius 1 is 1.09 bits per heavy atom. The lowest BCUT2D eigenvalue weighted by Gasteiger charge is -2.42. The largest absolute Gasteiger partial charge is 0.497 e. The number of methoxy groups -OCH3 is 1. The van der Waals surface area contributed by atoms with Crippen molar-refractivity contribution in [1.29, 1.82) is 0 Å². The number of piperazine rings is 1. The predicted molar refractivity (Wildman–Crippen MR) is 121 cm³/mol. The van der Waals surface area contributed by atoms with Gasteiger partial charge in [-0.15, -0.1) is 0 Å². The van der Waals surface area contributed by atoms with Crippen LogP contribution in [0.1, 0.15) is 44.1 Å². The van der Waals surface area contributed by atoms with Gasteiger partial charge < -0.3 is 25.6 Å². The van der Waals surface area contributed by atoms with Crippen LogP contribution in [0.3, 0.4) is 0 Å². The molecule has 3 aliphatic carbocycles. The maximum atomic E-state index is 13.2. The van der Waals surface area contributed by atoms with E-state index in [4.69, 9.17) is 10.5 Å². The van der Waals surface area contributed by atoms with Crippen molar-refractivity contribution in [2.24, 2.45) is 23.5 Å². The third-order valence-electron chi connectivity index (χ3n) is 8.16. The van der Waals surface area contributed by atoms with E-state index < -0.39 is 5.92 Å². The summed E-state index contributed by atoms with van der Waals surface area (Å²) in [6, 6.07) is 7.88. The molecule has 3 saturated carbocycles. The van der Waals surface area contributed by atoms with Gasteiger partial charge >= 0.3 is 6.03 Å². The van der Waals surface area contributed by atoms with Gasteiger partial charge in [0.15, 0.2) is 0 Å². The molecule has 7 nitrogen and oxygen atoms in total. The molecule has 7 heteroatoms. The molecule has 1 saturated heterocycles. The molecule has 170 valence electrons. The molecule has 1 aromatic rings. The van der Waals surface area contributed by atoms with Crippen molar-refractivity contribution in [3.8, 4) is 5.75 Å². The van der Waals surface area contributed by atoms with Crippen molar-refractivity contribution < 1.29 is 14.3 Å². The number of carbonyl (C=O) groups excluding carboxylic acids is 2. The fourth-order valence-electron chi connectivity index (χ4n) is 6.02. The Balaban J connectivity index is 1.28. The molecule has 4 fully saturated rings. The van der Waals surface area contributed by atoms with Crippen LogP contribution in [-0.4, -0.2) is 60.1 Å². The fourth-order valence-corrected chi connectivity index (χ4v) is 6.02. The van der Waals surface area contributed by atoms with E-state index >= 15 is 0 Å². The van der Waals surface area contributed by atoms with Gasteiger partial charge in [-0.25, -0.2) is 4.79 Å². The SMILES string of the molecule is COc1ccc(C2=C(C3CC3)N3CCN(C(=O)NC4(C5CC5)CC4)CC3C2C(N)=O)cc1. The predicted octanol–water partition coefficient (Wildman–Crippen LogP) is 2.57. The van der Waals surface area contributed by atoms with Crippen LogP contribution in [-0.2, 0) is 4.79 Å². The van der Waals surface area contributed by atoms with Gasteiger partial charge in [-0.2, -0.15) is 0 Å². The quantitative estimate of drug-likeness (QED) is 0.718. The molecule has 0 bridgehead atoms. The molecular weight excluding hydrogens is 404 g/mol. The van der Waals surface area contributed by atoms with Gasteiger partial charge in [-0.05, 0) is 73.6 Å². The first-order chi connectivity index (χ1) is 15.5. The minimum Gasteiger partial charge on any atom is -0.497 e. The fraction of sp³-hybridized carbons (Fsp3) is 0.600. The van der Waals surface area contributed by atoms with Crippen molar-refractivity contribution in [3.05, 3.63) is 35.5 Å². The number of primary amides is 1. The van der Waals surface area contributed by atoms with E-state index in [9.17, 15) is 9.59 Å². The van der Waals surface area contributed by atoms with Crippen LogP contribution in [0, 0.1) is 17.8 Å². The molecule has 2 atom stereocenters. The lowest BCUT2D eigenvalue weighted by molar-refractivity contribution is -0.121. The van der Waals surface area contributed by atoms with Gasteiger partial charge in [-0.1, -0.05) is 12.1 Å². The Morgan fingerprint density at radius 3 is 2.38 bits per heavy atom. The number of urea groups is 1. The number of hydrogen-bond acceptors (Lipinski definition) is 4. The molecule has 2 unspecified atom stereocenters. The van der Waals surface area contributed by atoms with Gasteiger partial charge in [0.05, 0.1) is 19.1 Å². The van der Waals surface area contributed by atoms with Crippen LogP contribution >= 0.6 is 0 Å². The van der Waals surface area contributed by atoms with Crippen LogP contribution < -0.4 is 15.8 Å². The van der Waals surface area contributed by atoms with Crippen molar-refractivity contribution >= 4 is 17.5 Å². The minimum absolute atomic E-state index is 0.0307. The van der Waals surface area contributed by atoms with E-state index in [0.29, 0.717) is 24.9 Å². The molecule has 5 aliphatic rings. The van der Waals surface area contributed by atoms with Crippen molar-refractivity contribution in [2.45, 2.75) is 50.1 Å². The number of benzene rings is 1. The Labute approximate surface area is 188 Å². The number of fused-ring (bicyclic) bond motifs is 1. The first kappa shape index (κ1) is 19.9. The van der Waals surface area contributed by atoms with E-state index in [1.54, 1.807) is 7.11 Å². The molecule has 32 heavy (non-hydrogen) atoms. The van der Waals surface area contributed by atoms with E-state index in [1.807, 2.05) is 29.2 Å². The topological polar surface area (TPSA) is 87.9 Å². The van der Waals surface area contributed by atoms with Gasteiger partial charge in [0.25, 0.3) is 0 Å². The normalized spacial score (nSPS) is 28.4. The number of amides is 3. The minimum atomic E-state index is -0.409. The summed E-state index contributed by atoms with van der Waals surface area (Å²) in [6.45, 7) is 1.97. The highest BCUT2D eigenvalue weighted by Crippen LogP contribution is 2.54. The van der Waals surface area contributed by atoms with E-state index in [1.165, 1.54) is 18.5 Å². The molecule has 0 spiro atoms. The van der Waals surface area contributed by atoms with Gasteiger partial charge in [0, 0.05) is 30.9 Å². The average Bonchev–Trinajstić information content (AvgIpc) is 3.65. The number of rotatable bonds is 6. The van der Waals surface area contributed by atoms with E-state index in [2.05, 4.69) is 10.2 Å². The number of carbonyl (C=O) groups is 2. The summed E-state index contributed by atoms with van der Waals surface area (Å²) in [5, 5.41) is 3.35. The van der Waals surface area contributed by atoms with Crippen LogP contribution in [0.2, 0.25) is 0 Å². The van der Waals surface area contributed by atoms with Crippen LogP contribution in [0.5, 0.6) is 5.75 Å². The third-order valence-corrected chi connectivity index (χ3v) is 8.16. The zero-order valence-electron chi connectivity index (χ0n) is 18.7. The summed E-state index contributed by atoms with van der Waals surface area (Å²) in [5.74, 6) is 1.24. The number of allylic oxidation sites excluding steroid dienone is 1. The maximum Gasteiger partial charge on any atom is 0.317 e. The molecule has 2 heterocycles. The second-order valence-electron chi connectivity index (χ2n) is 10.2. The summed E-state index contributed by atoms with van der Waals surface area (Å²) in [4.78, 5) is 30.2. The standard InChI is InChI=1S/C25H32N4O3/c1-32-18-8-4-15(5-9-18)20-21(23(26)30)19-14-28(12-13-29(19)22(20)16-2-3-16)24(31)27-25(10-11-25)17-6-7-17/h4-5,8-9,16-17,19,21H,2-3,6-7,10-14H2,1H3,(H2,26,30)(H,27,31). The average molecular weight is 437 g/mol. The molecule has 0 radical (unpaired) electrons. The number of hydrogen-bond donors (Lipinski definition) is 2. The van der Waals surface area contributed by atoms with Crippen molar-refractivity contribution in [2.75, 3.05) is 26.7 Å². The molecule has 3 N–H and O–H groups in total. The molecule has 3 amide bonds. The molecule has 2 aliphatic heterocycles. The number of nitrogens with two attached hydrogens (primary N) is 1. The second kappa shape index (κ2) is 7.15. The zero-order chi connectivity index (χ0) is 22.0. The number of nitrogens with one attached hydrogen (secondary N) is 1. The summed E-state index contributed by atoms with van der Waals surface area (Å²) in [6.07, 6.45) is 6.98. The molecular formula is C25H32N4O3. The third kappa shape index (κ3) is 3.24. The van der Waals surface area contributed by atoms with Crippen LogP contribution in [0.15, 0.2) is 30.0 Å². The number of ether oxygens (including phenoxy) is 1. The highest BCUT2D eigenvalue weighted by Gasteiger charge is 2.56. The first-order valence-corrected chi connectivity index (χ1v) is 12.0. The number of nitrogens with zero attached hydrogens (tertiary/aromatic N) is 2. The van der Waals surface area contributed by atoms with E-state index in [-0.39, 0.29) is 23.5 Å². The Kier molecular flexibility index (Phi) is 4.46. The van der Waals surface area contributed by atoms with Crippen molar-refractivity contribution in [3.63, 3.8) is 0 Å². The highest BCUT2D eigenvalue weighted by molar-refractivity contribution is 5.94. The van der Waals surface area contributed by atoms with Gasteiger partial charge in [0.1, 0.15) is 5.75 Å². The summed E-state index contributed by atoms with van der Waals surface area (Å²) in [7, 11) is 1.65. The maximum absolute atomic E-state index is 13.2. The highest BCUT2D eigenvalue weighted by atomic mass is 16.5. The van der Waals surface area contributed by atoms with Crippen LogP contribution in [0.4, 0.5) is 4.79 Å². The first-order valence-electron chi connectivity index (χ1n) is 12.0. The monoisotopic (exact) mass is 436 g/mol. The van der Waals surface area contributed by atoms with Crippen molar-refractivity contribution in [1.82, 2.24) is 15.1 Å². The van der Waals surface area contributed by atoms with E-state index in [0.717, 1.165) is 49.1 Å². The summed E-state index contributed by atoms with van der Waals surface area (Å²) >= 11 is 0.